The topological polar surface area (TPSA) is 40.5 Å². The number of carboxylic acids is 1. The minimum absolute atomic E-state index is 0.423. The van der Waals surface area contributed by atoms with E-state index in [1.54, 1.807) is 13.0 Å². The second-order valence-electron chi connectivity index (χ2n) is 3.78. The molecule has 1 N–H and O–H groups in total. The van der Waals surface area contributed by atoms with Gasteiger partial charge in [0.2, 0.25) is 0 Å². The molecule has 0 aromatic carbocycles. The molecule has 0 aliphatic heterocycles. The molecule has 0 fully saturated rings. The summed E-state index contributed by atoms with van der Waals surface area (Å²) in [5, 5.41) is 8.68. The molecule has 0 aliphatic carbocycles. The van der Waals surface area contributed by atoms with Crippen molar-refractivity contribution in [1.29, 1.82) is 0 Å². The van der Waals surface area contributed by atoms with E-state index in [4.69, 9.17) is 5.11 Å². The van der Waals surface area contributed by atoms with Crippen molar-refractivity contribution in [1.82, 2.24) is 4.90 Å². The third kappa shape index (κ3) is 5.02. The molecule has 0 aromatic rings. The quantitative estimate of drug-likeness (QED) is 0.666. The van der Waals surface area contributed by atoms with Crippen LogP contribution in [0.15, 0.2) is 11.6 Å². The van der Waals surface area contributed by atoms with Crippen LogP contribution in [0, 0.1) is 0 Å². The van der Waals surface area contributed by atoms with Gasteiger partial charge in [0.15, 0.2) is 0 Å². The zero-order chi connectivity index (χ0) is 11.1. The Labute approximate surface area is 86.4 Å². The molecule has 0 amide bonds. The summed E-state index contributed by atoms with van der Waals surface area (Å²) in [4.78, 5) is 12.8. The first-order valence-corrected chi connectivity index (χ1v) is 5.13. The molecule has 0 radical (unpaired) electrons. The number of nitrogens with zero attached hydrogens (tertiary/aromatic N) is 1. The van der Waals surface area contributed by atoms with E-state index in [2.05, 4.69) is 25.7 Å². The molecule has 0 saturated heterocycles. The Hall–Kier alpha value is -0.830. The summed E-state index contributed by atoms with van der Waals surface area (Å²) in [6, 6.07) is 0.466. The summed E-state index contributed by atoms with van der Waals surface area (Å²) in [6.45, 7) is 9.75. The van der Waals surface area contributed by atoms with E-state index in [9.17, 15) is 4.79 Å². The van der Waals surface area contributed by atoms with Gasteiger partial charge in [-0.05, 0) is 33.7 Å². The van der Waals surface area contributed by atoms with Crippen molar-refractivity contribution in [3.63, 3.8) is 0 Å². The zero-order valence-corrected chi connectivity index (χ0v) is 9.58. The Kier molecular flexibility index (Phi) is 6.21. The number of carbonyl (C=O) groups is 1. The molecule has 0 bridgehead atoms. The van der Waals surface area contributed by atoms with E-state index in [0.717, 1.165) is 19.5 Å². The van der Waals surface area contributed by atoms with Gasteiger partial charge in [-0.3, -0.25) is 4.90 Å². The van der Waals surface area contributed by atoms with Crippen molar-refractivity contribution < 1.29 is 9.90 Å². The standard InChI is InChI=1S/C11H21NO2/c1-5-7-12(9(2)3)8-6-10(4)11(13)14/h6,9H,5,7-8H2,1-4H3,(H,13,14). The summed E-state index contributed by atoms with van der Waals surface area (Å²) in [7, 11) is 0. The van der Waals surface area contributed by atoms with Crippen molar-refractivity contribution in [2.45, 2.75) is 40.2 Å². The van der Waals surface area contributed by atoms with Crippen molar-refractivity contribution in [2.24, 2.45) is 0 Å². The average Bonchev–Trinajstić information content (AvgIpc) is 2.10. The highest BCUT2D eigenvalue weighted by molar-refractivity contribution is 5.85. The highest BCUT2D eigenvalue weighted by Gasteiger charge is 2.07. The monoisotopic (exact) mass is 199 g/mol. The van der Waals surface area contributed by atoms with E-state index in [-0.39, 0.29) is 0 Å². The molecule has 14 heavy (non-hydrogen) atoms. The fourth-order valence-corrected chi connectivity index (χ4v) is 1.19. The third-order valence-corrected chi connectivity index (χ3v) is 2.21. The average molecular weight is 199 g/mol. The van der Waals surface area contributed by atoms with Gasteiger partial charge >= 0.3 is 5.97 Å². The lowest BCUT2D eigenvalue weighted by Gasteiger charge is -2.24. The largest absolute Gasteiger partial charge is 0.478 e. The van der Waals surface area contributed by atoms with Crippen LogP contribution in [0.2, 0.25) is 0 Å². The summed E-state index contributed by atoms with van der Waals surface area (Å²) in [6.07, 6.45) is 2.87. The van der Waals surface area contributed by atoms with Crippen LogP contribution in [-0.2, 0) is 4.79 Å². The van der Waals surface area contributed by atoms with E-state index in [0.29, 0.717) is 11.6 Å². The van der Waals surface area contributed by atoms with Crippen LogP contribution in [0.1, 0.15) is 34.1 Å². The van der Waals surface area contributed by atoms with Gasteiger partial charge in [-0.25, -0.2) is 4.79 Å². The smallest absolute Gasteiger partial charge is 0.330 e. The molecule has 0 aliphatic rings. The van der Waals surface area contributed by atoms with Gasteiger partial charge in [-0.2, -0.15) is 0 Å². The first-order chi connectivity index (χ1) is 6.49. The predicted octanol–water partition coefficient (Wildman–Crippen LogP) is 2.14. The minimum Gasteiger partial charge on any atom is -0.478 e. The van der Waals surface area contributed by atoms with Crippen LogP contribution in [0.25, 0.3) is 0 Å². The summed E-state index contributed by atoms with van der Waals surface area (Å²) in [5.41, 5.74) is 0.423. The number of aliphatic carboxylic acids is 1. The Balaban J connectivity index is 4.17. The van der Waals surface area contributed by atoms with Gasteiger partial charge in [0, 0.05) is 18.2 Å². The van der Waals surface area contributed by atoms with Crippen molar-refractivity contribution in [3.8, 4) is 0 Å². The van der Waals surface area contributed by atoms with E-state index in [1.165, 1.54) is 0 Å². The zero-order valence-electron chi connectivity index (χ0n) is 9.58. The van der Waals surface area contributed by atoms with Gasteiger partial charge in [-0.15, -0.1) is 0 Å². The van der Waals surface area contributed by atoms with Gasteiger partial charge < -0.3 is 5.11 Å². The lowest BCUT2D eigenvalue weighted by Crippen LogP contribution is -2.32. The van der Waals surface area contributed by atoms with Crippen LogP contribution in [-0.4, -0.2) is 35.1 Å². The maximum Gasteiger partial charge on any atom is 0.330 e. The van der Waals surface area contributed by atoms with Crippen LogP contribution in [0.4, 0.5) is 0 Å². The first-order valence-electron chi connectivity index (χ1n) is 5.13. The van der Waals surface area contributed by atoms with Crippen molar-refractivity contribution >= 4 is 5.97 Å². The van der Waals surface area contributed by atoms with Gasteiger partial charge in [0.05, 0.1) is 0 Å². The molecule has 3 heteroatoms. The predicted molar refractivity (Wildman–Crippen MR) is 58.4 cm³/mol. The molecule has 0 aromatic heterocycles. The minimum atomic E-state index is -0.829. The maximum absolute atomic E-state index is 10.6. The molecular weight excluding hydrogens is 178 g/mol. The summed E-state index contributed by atoms with van der Waals surface area (Å²) < 4.78 is 0. The summed E-state index contributed by atoms with van der Waals surface area (Å²) in [5.74, 6) is -0.829. The van der Waals surface area contributed by atoms with Gasteiger partial charge in [-0.1, -0.05) is 13.0 Å². The van der Waals surface area contributed by atoms with Crippen molar-refractivity contribution in [3.05, 3.63) is 11.6 Å². The molecule has 0 saturated carbocycles. The van der Waals surface area contributed by atoms with Crippen LogP contribution < -0.4 is 0 Å². The molecule has 3 nitrogen and oxygen atoms in total. The SMILES string of the molecule is CCCN(CC=C(C)C(=O)O)C(C)C. The first kappa shape index (κ1) is 13.2. The second-order valence-corrected chi connectivity index (χ2v) is 3.78. The van der Waals surface area contributed by atoms with Gasteiger partial charge in [0.1, 0.15) is 0 Å². The Morgan fingerprint density at radius 1 is 1.50 bits per heavy atom. The Morgan fingerprint density at radius 2 is 2.07 bits per heavy atom. The fourth-order valence-electron chi connectivity index (χ4n) is 1.19. The van der Waals surface area contributed by atoms with E-state index < -0.39 is 5.97 Å². The van der Waals surface area contributed by atoms with Crippen LogP contribution in [0.5, 0.6) is 0 Å². The van der Waals surface area contributed by atoms with Crippen molar-refractivity contribution in [2.75, 3.05) is 13.1 Å². The normalized spacial score (nSPS) is 12.6. The highest BCUT2D eigenvalue weighted by Crippen LogP contribution is 2.01. The van der Waals surface area contributed by atoms with Gasteiger partial charge in [0.25, 0.3) is 0 Å². The summed E-state index contributed by atoms with van der Waals surface area (Å²) >= 11 is 0. The third-order valence-electron chi connectivity index (χ3n) is 2.21. The number of carboxylic acid groups (broad SMARTS) is 1. The molecule has 82 valence electrons. The van der Waals surface area contributed by atoms with Crippen LogP contribution >= 0.6 is 0 Å². The van der Waals surface area contributed by atoms with Crippen LogP contribution in [0.3, 0.4) is 0 Å². The number of rotatable bonds is 6. The number of hydrogen-bond acceptors (Lipinski definition) is 2. The number of hydrogen-bond donors (Lipinski definition) is 1. The molecule has 0 unspecified atom stereocenters. The fraction of sp³-hybridized carbons (Fsp3) is 0.727. The van der Waals surface area contributed by atoms with E-state index in [1.807, 2.05) is 0 Å². The molecule has 0 spiro atoms. The molecule has 0 rings (SSSR count). The Bertz CT molecular complexity index is 209. The molecule has 0 heterocycles. The maximum atomic E-state index is 10.6. The molecule has 0 atom stereocenters. The Morgan fingerprint density at radius 3 is 2.43 bits per heavy atom. The second kappa shape index (κ2) is 6.60. The lowest BCUT2D eigenvalue weighted by atomic mass is 10.2. The highest BCUT2D eigenvalue weighted by atomic mass is 16.4. The molecular formula is C11H21NO2. The lowest BCUT2D eigenvalue weighted by molar-refractivity contribution is -0.132. The van der Waals surface area contributed by atoms with E-state index >= 15 is 0 Å².